The Morgan fingerprint density at radius 3 is 2.50 bits per heavy atom. The van der Waals surface area contributed by atoms with E-state index in [1.54, 1.807) is 7.11 Å². The lowest BCUT2D eigenvalue weighted by molar-refractivity contribution is 0.0341. The summed E-state index contributed by atoms with van der Waals surface area (Å²) in [5, 5.41) is 0. The summed E-state index contributed by atoms with van der Waals surface area (Å²) in [5.74, 6) is 0. The number of ether oxygens (including phenoxy) is 2. The molecule has 0 radical (unpaired) electrons. The molecule has 1 aromatic carbocycles. The van der Waals surface area contributed by atoms with Crippen molar-refractivity contribution in [2.45, 2.75) is 18.7 Å². The maximum Gasteiger partial charge on any atom is 0.107 e. The quantitative estimate of drug-likeness (QED) is 0.859. The van der Waals surface area contributed by atoms with Crippen LogP contribution < -0.4 is 5.73 Å². The van der Waals surface area contributed by atoms with Crippen molar-refractivity contribution < 1.29 is 13.9 Å². The second kappa shape index (κ2) is 7.69. The van der Waals surface area contributed by atoms with Crippen molar-refractivity contribution in [1.82, 2.24) is 4.90 Å². The highest BCUT2D eigenvalue weighted by Gasteiger charge is 2.19. The van der Waals surface area contributed by atoms with Gasteiger partial charge in [-0.1, -0.05) is 24.3 Å². The van der Waals surface area contributed by atoms with Crippen molar-refractivity contribution in [3.8, 4) is 0 Å². The van der Waals surface area contributed by atoms with Gasteiger partial charge >= 0.3 is 0 Å². The maximum absolute atomic E-state index is 12.7. The van der Waals surface area contributed by atoms with Crippen LogP contribution >= 0.6 is 0 Å². The van der Waals surface area contributed by atoms with Gasteiger partial charge in [0.25, 0.3) is 0 Å². The molecule has 0 aliphatic carbocycles. The molecular formula is C15H23FN2O2. The monoisotopic (exact) mass is 282 g/mol. The average Bonchev–Trinajstić information content (AvgIpc) is 2.50. The lowest BCUT2D eigenvalue weighted by Gasteiger charge is -2.27. The molecule has 4 nitrogen and oxygen atoms in total. The molecule has 1 aromatic rings. The molecule has 1 fully saturated rings. The van der Waals surface area contributed by atoms with Gasteiger partial charge in [-0.2, -0.15) is 0 Å². The van der Waals surface area contributed by atoms with Crippen LogP contribution in [0.15, 0.2) is 24.3 Å². The third kappa shape index (κ3) is 3.99. The number of hydrogen-bond donors (Lipinski definition) is 1. The summed E-state index contributed by atoms with van der Waals surface area (Å²) in [6.07, 6.45) is -0.391. The minimum absolute atomic E-state index is 0.391. The molecule has 0 bridgehead atoms. The first-order valence-electron chi connectivity index (χ1n) is 6.98. The van der Waals surface area contributed by atoms with Crippen molar-refractivity contribution >= 4 is 0 Å². The van der Waals surface area contributed by atoms with Gasteiger partial charge < -0.3 is 15.2 Å². The van der Waals surface area contributed by atoms with E-state index in [2.05, 4.69) is 17.0 Å². The number of nitrogens with zero attached hydrogens (tertiary/aromatic N) is 1. The Kier molecular flexibility index (Phi) is 5.91. The normalized spacial score (nSPS) is 19.8. The summed E-state index contributed by atoms with van der Waals surface area (Å²) in [4.78, 5) is 2.36. The van der Waals surface area contributed by atoms with E-state index in [0.29, 0.717) is 0 Å². The van der Waals surface area contributed by atoms with Gasteiger partial charge in [-0.15, -0.1) is 0 Å². The van der Waals surface area contributed by atoms with Crippen LogP contribution in [0.2, 0.25) is 0 Å². The molecule has 0 saturated carbocycles. The Morgan fingerprint density at radius 1 is 1.30 bits per heavy atom. The zero-order valence-electron chi connectivity index (χ0n) is 11.9. The number of benzene rings is 1. The van der Waals surface area contributed by atoms with Crippen molar-refractivity contribution in [1.29, 1.82) is 0 Å². The van der Waals surface area contributed by atoms with Crippen molar-refractivity contribution in [2.24, 2.45) is 5.73 Å². The molecule has 5 heteroatoms. The van der Waals surface area contributed by atoms with E-state index in [4.69, 9.17) is 15.2 Å². The molecule has 0 aromatic heterocycles. The lowest BCUT2D eigenvalue weighted by atomic mass is 10.0. The van der Waals surface area contributed by atoms with E-state index >= 15 is 0 Å². The summed E-state index contributed by atoms with van der Waals surface area (Å²) in [6.45, 7) is 3.86. The number of morpholine rings is 1. The van der Waals surface area contributed by atoms with E-state index in [1.807, 2.05) is 12.1 Å². The van der Waals surface area contributed by atoms with Crippen LogP contribution in [-0.4, -0.2) is 51.0 Å². The van der Waals surface area contributed by atoms with Crippen molar-refractivity contribution in [3.05, 3.63) is 35.4 Å². The second-order valence-corrected chi connectivity index (χ2v) is 5.10. The van der Waals surface area contributed by atoms with Crippen LogP contribution in [0, 0.1) is 0 Å². The fourth-order valence-electron chi connectivity index (χ4n) is 2.47. The number of halogens is 1. The third-order valence-electron chi connectivity index (χ3n) is 3.64. The van der Waals surface area contributed by atoms with Gasteiger partial charge in [0.05, 0.1) is 25.4 Å². The molecule has 1 aliphatic heterocycles. The first-order valence-corrected chi connectivity index (χ1v) is 6.98. The molecule has 2 N–H and O–H groups in total. The van der Waals surface area contributed by atoms with Crippen molar-refractivity contribution in [3.63, 3.8) is 0 Å². The van der Waals surface area contributed by atoms with Crippen LogP contribution in [0.25, 0.3) is 0 Å². The predicted molar refractivity (Wildman–Crippen MR) is 76.2 cm³/mol. The molecule has 2 rings (SSSR count). The molecule has 2 unspecified atom stereocenters. The Morgan fingerprint density at radius 2 is 1.95 bits per heavy atom. The number of methoxy groups -OCH3 is 1. The largest absolute Gasteiger partial charge is 0.379 e. The number of alkyl halides is 1. The molecule has 0 amide bonds. The molecule has 112 valence electrons. The SMILES string of the molecule is COC(c1ccc(CN2CCOCC2)cc1)C(N)CF. The van der Waals surface area contributed by atoms with E-state index in [0.717, 1.165) is 38.4 Å². The first-order chi connectivity index (χ1) is 9.74. The standard InChI is InChI=1S/C15H23FN2O2/c1-19-15(14(17)10-16)13-4-2-12(3-5-13)11-18-6-8-20-9-7-18/h2-5,14-15H,6-11,17H2,1H3. The van der Waals surface area contributed by atoms with Gasteiger partial charge in [-0.05, 0) is 11.1 Å². The number of hydrogen-bond acceptors (Lipinski definition) is 4. The first kappa shape index (κ1) is 15.4. The Labute approximate surface area is 119 Å². The Bertz CT molecular complexity index is 393. The van der Waals surface area contributed by atoms with E-state index in [9.17, 15) is 4.39 Å². The zero-order valence-corrected chi connectivity index (χ0v) is 11.9. The molecule has 1 heterocycles. The van der Waals surface area contributed by atoms with Gasteiger partial charge in [-0.25, -0.2) is 4.39 Å². The summed E-state index contributed by atoms with van der Waals surface area (Å²) in [5.41, 5.74) is 7.88. The number of rotatable bonds is 6. The number of nitrogens with two attached hydrogens (primary N) is 1. The van der Waals surface area contributed by atoms with Crippen molar-refractivity contribution in [2.75, 3.05) is 40.1 Å². The van der Waals surface area contributed by atoms with Crippen LogP contribution in [0.5, 0.6) is 0 Å². The maximum atomic E-state index is 12.7. The van der Waals surface area contributed by atoms with Gasteiger partial charge in [-0.3, -0.25) is 4.90 Å². The summed E-state index contributed by atoms with van der Waals surface area (Å²) >= 11 is 0. The summed E-state index contributed by atoms with van der Waals surface area (Å²) in [7, 11) is 1.56. The van der Waals surface area contributed by atoms with Crippen LogP contribution in [0.3, 0.4) is 0 Å². The predicted octanol–water partition coefficient (Wildman–Crippen LogP) is 1.50. The molecule has 1 saturated heterocycles. The zero-order chi connectivity index (χ0) is 14.4. The second-order valence-electron chi connectivity index (χ2n) is 5.10. The molecule has 2 atom stereocenters. The van der Waals surface area contributed by atoms with Gasteiger partial charge in [0, 0.05) is 26.7 Å². The van der Waals surface area contributed by atoms with E-state index in [-0.39, 0.29) is 0 Å². The lowest BCUT2D eigenvalue weighted by Crippen LogP contribution is -2.35. The average molecular weight is 282 g/mol. The van der Waals surface area contributed by atoms with Crippen LogP contribution in [0.4, 0.5) is 4.39 Å². The van der Waals surface area contributed by atoms with Gasteiger partial charge in [0.15, 0.2) is 0 Å². The topological polar surface area (TPSA) is 47.7 Å². The fourth-order valence-corrected chi connectivity index (χ4v) is 2.47. The highest BCUT2D eigenvalue weighted by molar-refractivity contribution is 5.25. The van der Waals surface area contributed by atoms with E-state index in [1.165, 1.54) is 5.56 Å². The van der Waals surface area contributed by atoms with Crippen LogP contribution in [-0.2, 0) is 16.0 Å². The smallest absolute Gasteiger partial charge is 0.107 e. The molecule has 1 aliphatic rings. The third-order valence-corrected chi connectivity index (χ3v) is 3.64. The molecule has 0 spiro atoms. The summed E-state index contributed by atoms with van der Waals surface area (Å²) in [6, 6.07) is 7.44. The Balaban J connectivity index is 1.97. The van der Waals surface area contributed by atoms with Gasteiger partial charge in [0.2, 0.25) is 0 Å². The summed E-state index contributed by atoms with van der Waals surface area (Å²) < 4.78 is 23.3. The van der Waals surface area contributed by atoms with Crippen LogP contribution in [0.1, 0.15) is 17.2 Å². The minimum Gasteiger partial charge on any atom is -0.379 e. The van der Waals surface area contributed by atoms with E-state index < -0.39 is 18.8 Å². The Hall–Kier alpha value is -1.01. The highest BCUT2D eigenvalue weighted by Crippen LogP contribution is 2.21. The minimum atomic E-state index is -0.620. The fraction of sp³-hybridized carbons (Fsp3) is 0.600. The van der Waals surface area contributed by atoms with Gasteiger partial charge in [0.1, 0.15) is 6.67 Å². The molecular weight excluding hydrogens is 259 g/mol. The molecule has 20 heavy (non-hydrogen) atoms. The highest BCUT2D eigenvalue weighted by atomic mass is 19.1.